The lowest BCUT2D eigenvalue weighted by molar-refractivity contribution is -0.402. The van der Waals surface area contributed by atoms with Gasteiger partial charge in [0.05, 0.1) is 6.07 Å². The number of rotatable bonds is 3. The zero-order valence-electron chi connectivity index (χ0n) is 13.3. The van der Waals surface area contributed by atoms with Crippen LogP contribution in [-0.2, 0) is 0 Å². The molecule has 0 saturated carbocycles. The van der Waals surface area contributed by atoms with Crippen LogP contribution in [0.2, 0.25) is 5.02 Å². The lowest BCUT2D eigenvalue weighted by Gasteiger charge is -2.36. The smallest absolute Gasteiger partial charge is 0.395 e. The number of benzene rings is 1. The molecule has 1 aliphatic heterocycles. The Balaban J connectivity index is 1.76. The SMILES string of the molecule is O=C(c1ccc([N+](=O)[O-])o1)N1CCN(c2c(F)c(F)c(Cl)c(F)c2F)CC1. The number of hydrogen-bond donors (Lipinski definition) is 0. The molecule has 1 aliphatic rings. The zero-order valence-corrected chi connectivity index (χ0v) is 14.1. The van der Waals surface area contributed by atoms with Crippen LogP contribution in [0.25, 0.3) is 0 Å². The highest BCUT2D eigenvalue weighted by Crippen LogP contribution is 2.34. The van der Waals surface area contributed by atoms with Crippen molar-refractivity contribution in [2.24, 2.45) is 0 Å². The van der Waals surface area contributed by atoms with E-state index < -0.39 is 50.7 Å². The van der Waals surface area contributed by atoms with Crippen molar-refractivity contribution in [2.45, 2.75) is 0 Å². The number of anilines is 1. The molecule has 0 aliphatic carbocycles. The molecular weight excluding hydrogens is 398 g/mol. The molecule has 2 heterocycles. The molecule has 3 rings (SSSR count). The Morgan fingerprint density at radius 3 is 2.07 bits per heavy atom. The van der Waals surface area contributed by atoms with Crippen LogP contribution in [0, 0.1) is 33.4 Å². The minimum absolute atomic E-state index is 0.0575. The zero-order chi connectivity index (χ0) is 19.9. The number of amides is 1. The van der Waals surface area contributed by atoms with Crippen LogP contribution < -0.4 is 4.90 Å². The molecule has 7 nitrogen and oxygen atoms in total. The Morgan fingerprint density at radius 2 is 1.59 bits per heavy atom. The van der Waals surface area contributed by atoms with Crippen molar-refractivity contribution < 1.29 is 31.7 Å². The van der Waals surface area contributed by atoms with Crippen molar-refractivity contribution in [3.8, 4) is 0 Å². The second kappa shape index (κ2) is 7.06. The second-order valence-corrected chi connectivity index (χ2v) is 5.97. The van der Waals surface area contributed by atoms with Gasteiger partial charge in [0.25, 0.3) is 5.91 Å². The molecule has 1 aromatic carbocycles. The van der Waals surface area contributed by atoms with Gasteiger partial charge in [-0.05, 0) is 6.07 Å². The first-order valence-corrected chi connectivity index (χ1v) is 7.90. The highest BCUT2D eigenvalue weighted by atomic mass is 35.5. The summed E-state index contributed by atoms with van der Waals surface area (Å²) in [6.45, 7) is -0.387. The number of piperazine rings is 1. The van der Waals surface area contributed by atoms with Gasteiger partial charge in [-0.1, -0.05) is 11.6 Å². The van der Waals surface area contributed by atoms with Gasteiger partial charge in [-0.25, -0.2) is 17.6 Å². The van der Waals surface area contributed by atoms with Gasteiger partial charge in [0, 0.05) is 26.2 Å². The van der Waals surface area contributed by atoms with Gasteiger partial charge in [0.1, 0.15) is 15.6 Å². The summed E-state index contributed by atoms with van der Waals surface area (Å²) in [5, 5.41) is 9.32. The summed E-state index contributed by atoms with van der Waals surface area (Å²) in [5.41, 5.74) is -0.907. The third-order valence-corrected chi connectivity index (χ3v) is 4.38. The van der Waals surface area contributed by atoms with E-state index in [4.69, 9.17) is 16.0 Å². The molecule has 27 heavy (non-hydrogen) atoms. The van der Waals surface area contributed by atoms with Gasteiger partial charge in [-0.2, -0.15) is 0 Å². The molecule has 0 N–H and O–H groups in total. The summed E-state index contributed by atoms with van der Waals surface area (Å²) in [6, 6.07) is 2.16. The van der Waals surface area contributed by atoms with E-state index in [1.54, 1.807) is 0 Å². The minimum atomic E-state index is -1.70. The summed E-state index contributed by atoms with van der Waals surface area (Å²) in [6.07, 6.45) is 0. The lowest BCUT2D eigenvalue weighted by atomic mass is 10.2. The predicted octanol–water partition coefficient (Wildman–Crippen LogP) is 3.36. The maximum atomic E-state index is 14.0. The first kappa shape index (κ1) is 19.0. The van der Waals surface area contributed by atoms with Gasteiger partial charge in [0.2, 0.25) is 0 Å². The van der Waals surface area contributed by atoms with E-state index in [1.807, 2.05) is 0 Å². The molecule has 2 aromatic rings. The summed E-state index contributed by atoms with van der Waals surface area (Å²) in [7, 11) is 0. The van der Waals surface area contributed by atoms with Gasteiger partial charge < -0.3 is 14.2 Å². The summed E-state index contributed by atoms with van der Waals surface area (Å²) < 4.78 is 60.1. The summed E-state index contributed by atoms with van der Waals surface area (Å²) in [4.78, 5) is 24.3. The van der Waals surface area contributed by atoms with Crippen molar-refractivity contribution >= 4 is 29.1 Å². The fraction of sp³-hybridized carbons (Fsp3) is 0.267. The Morgan fingerprint density at radius 1 is 1.04 bits per heavy atom. The number of nitrogens with zero attached hydrogens (tertiary/aromatic N) is 3. The van der Waals surface area contributed by atoms with E-state index in [1.165, 1.54) is 4.90 Å². The van der Waals surface area contributed by atoms with Crippen LogP contribution >= 0.6 is 11.6 Å². The fourth-order valence-electron chi connectivity index (χ4n) is 2.70. The van der Waals surface area contributed by atoms with Crippen molar-refractivity contribution in [1.29, 1.82) is 0 Å². The first-order chi connectivity index (χ1) is 12.7. The largest absolute Gasteiger partial charge is 0.433 e. The fourth-order valence-corrected chi connectivity index (χ4v) is 2.87. The van der Waals surface area contributed by atoms with Crippen LogP contribution in [0.15, 0.2) is 16.5 Å². The Hall–Kier alpha value is -2.82. The molecule has 12 heteroatoms. The van der Waals surface area contributed by atoms with Crippen LogP contribution in [-0.4, -0.2) is 41.9 Å². The third-order valence-electron chi connectivity index (χ3n) is 4.05. The molecule has 144 valence electrons. The Kier molecular flexibility index (Phi) is 4.96. The average Bonchev–Trinajstić information content (AvgIpc) is 3.15. The maximum absolute atomic E-state index is 14.0. The number of furan rings is 1. The quantitative estimate of drug-likeness (QED) is 0.256. The molecular formula is C15H10ClF4N3O4. The Labute approximate surface area is 153 Å². The molecule has 0 spiro atoms. The highest BCUT2D eigenvalue weighted by Gasteiger charge is 2.32. The number of carbonyl (C=O) groups excluding carboxylic acids is 1. The minimum Gasteiger partial charge on any atom is -0.395 e. The second-order valence-electron chi connectivity index (χ2n) is 5.59. The summed E-state index contributed by atoms with van der Waals surface area (Å²) in [5.74, 6) is -8.18. The van der Waals surface area contributed by atoms with Crippen LogP contribution in [0.4, 0.5) is 29.1 Å². The van der Waals surface area contributed by atoms with Crippen LogP contribution in [0.5, 0.6) is 0 Å². The molecule has 0 bridgehead atoms. The maximum Gasteiger partial charge on any atom is 0.433 e. The van der Waals surface area contributed by atoms with E-state index >= 15 is 0 Å². The van der Waals surface area contributed by atoms with E-state index in [0.717, 1.165) is 17.0 Å². The lowest BCUT2D eigenvalue weighted by Crippen LogP contribution is -2.49. The molecule has 1 amide bonds. The average molecular weight is 408 g/mol. The number of hydrogen-bond acceptors (Lipinski definition) is 5. The van der Waals surface area contributed by atoms with E-state index in [0.29, 0.717) is 0 Å². The van der Waals surface area contributed by atoms with Gasteiger partial charge in [0.15, 0.2) is 29.0 Å². The van der Waals surface area contributed by atoms with Crippen molar-refractivity contribution in [3.63, 3.8) is 0 Å². The molecule has 0 atom stereocenters. The van der Waals surface area contributed by atoms with Crippen molar-refractivity contribution in [3.05, 3.63) is 56.3 Å². The normalized spacial score (nSPS) is 14.6. The van der Waals surface area contributed by atoms with Gasteiger partial charge in [-0.15, -0.1) is 0 Å². The van der Waals surface area contributed by atoms with E-state index in [2.05, 4.69) is 0 Å². The van der Waals surface area contributed by atoms with Crippen LogP contribution in [0.3, 0.4) is 0 Å². The molecule has 0 radical (unpaired) electrons. The highest BCUT2D eigenvalue weighted by molar-refractivity contribution is 6.31. The monoisotopic (exact) mass is 407 g/mol. The van der Waals surface area contributed by atoms with Crippen molar-refractivity contribution in [2.75, 3.05) is 31.1 Å². The van der Waals surface area contributed by atoms with Crippen molar-refractivity contribution in [1.82, 2.24) is 4.90 Å². The Bertz CT molecular complexity index is 899. The van der Waals surface area contributed by atoms with Gasteiger partial charge in [-0.3, -0.25) is 14.9 Å². The van der Waals surface area contributed by atoms with E-state index in [-0.39, 0.29) is 31.9 Å². The molecule has 0 unspecified atom stereocenters. The standard InChI is InChI=1S/C15H10ClF4N3O4/c16-9-10(17)12(19)14(13(20)11(9)18)21-3-5-22(6-4-21)15(24)7-1-2-8(27-7)23(25)26/h1-2H,3-6H2. The number of halogens is 5. The van der Waals surface area contributed by atoms with Crippen LogP contribution in [0.1, 0.15) is 10.6 Å². The van der Waals surface area contributed by atoms with Gasteiger partial charge >= 0.3 is 5.88 Å². The topological polar surface area (TPSA) is 79.8 Å². The first-order valence-electron chi connectivity index (χ1n) is 7.52. The molecule has 1 fully saturated rings. The third kappa shape index (κ3) is 3.29. The number of carbonyl (C=O) groups is 1. The van der Waals surface area contributed by atoms with E-state index in [9.17, 15) is 32.5 Å². The summed E-state index contributed by atoms with van der Waals surface area (Å²) >= 11 is 5.20. The molecule has 1 aromatic heterocycles. The number of nitro groups is 1. The predicted molar refractivity (Wildman–Crippen MR) is 84.8 cm³/mol. The molecule has 1 saturated heterocycles.